The summed E-state index contributed by atoms with van der Waals surface area (Å²) >= 11 is 9.85. The molecule has 2 fully saturated rings. The van der Waals surface area contributed by atoms with Crippen LogP contribution < -0.4 is 5.32 Å². The zero-order chi connectivity index (χ0) is 13.9. The first-order chi connectivity index (χ1) is 9.72. The van der Waals surface area contributed by atoms with Crippen molar-refractivity contribution in [3.8, 4) is 0 Å². The highest BCUT2D eigenvalue weighted by molar-refractivity contribution is 9.10. The Morgan fingerprint density at radius 1 is 1.20 bits per heavy atom. The fraction of sp³-hybridized carbons (Fsp3) is 0.625. The van der Waals surface area contributed by atoms with E-state index in [0.717, 1.165) is 28.0 Å². The molecule has 4 heteroatoms. The highest BCUT2D eigenvalue weighted by Gasteiger charge is 2.31. The van der Waals surface area contributed by atoms with Crippen molar-refractivity contribution < 1.29 is 0 Å². The van der Waals surface area contributed by atoms with E-state index >= 15 is 0 Å². The molecule has 1 aliphatic heterocycles. The Hall–Kier alpha value is -0.0900. The summed E-state index contributed by atoms with van der Waals surface area (Å²) in [7, 11) is 0. The number of benzene rings is 1. The smallest absolute Gasteiger partial charge is 0.0462 e. The van der Waals surface area contributed by atoms with Crippen LogP contribution in [-0.2, 0) is 6.54 Å². The number of nitrogens with one attached hydrogen (secondary N) is 1. The zero-order valence-electron chi connectivity index (χ0n) is 11.7. The van der Waals surface area contributed by atoms with Gasteiger partial charge in [0.15, 0.2) is 0 Å². The number of piperidine rings is 1. The van der Waals surface area contributed by atoms with Gasteiger partial charge in [-0.05, 0) is 62.4 Å². The van der Waals surface area contributed by atoms with Crippen molar-refractivity contribution in [2.75, 3.05) is 19.6 Å². The van der Waals surface area contributed by atoms with Crippen molar-refractivity contribution in [3.63, 3.8) is 0 Å². The van der Waals surface area contributed by atoms with Crippen LogP contribution in [0.1, 0.15) is 31.2 Å². The Kier molecular flexibility index (Phi) is 5.03. The quantitative estimate of drug-likeness (QED) is 0.854. The number of halogens is 2. The van der Waals surface area contributed by atoms with E-state index in [-0.39, 0.29) is 0 Å². The van der Waals surface area contributed by atoms with E-state index in [2.05, 4.69) is 38.3 Å². The van der Waals surface area contributed by atoms with Crippen LogP contribution in [-0.4, -0.2) is 30.6 Å². The molecule has 0 spiro atoms. The SMILES string of the molecule is Clc1cc(Br)ccc1CN(CC1CCNCC1)C1CC1. The van der Waals surface area contributed by atoms with Gasteiger partial charge in [0, 0.05) is 28.6 Å². The van der Waals surface area contributed by atoms with E-state index in [1.165, 1.54) is 50.9 Å². The Bertz CT molecular complexity index is 456. The largest absolute Gasteiger partial charge is 0.317 e. The maximum Gasteiger partial charge on any atom is 0.0462 e. The predicted molar refractivity (Wildman–Crippen MR) is 88.2 cm³/mol. The van der Waals surface area contributed by atoms with Crippen molar-refractivity contribution in [1.29, 1.82) is 0 Å². The molecule has 20 heavy (non-hydrogen) atoms. The molecule has 1 saturated heterocycles. The first kappa shape index (κ1) is 14.8. The van der Waals surface area contributed by atoms with E-state index in [9.17, 15) is 0 Å². The van der Waals surface area contributed by atoms with Crippen LogP contribution >= 0.6 is 27.5 Å². The molecule has 110 valence electrons. The Labute approximate surface area is 135 Å². The van der Waals surface area contributed by atoms with Gasteiger partial charge < -0.3 is 5.32 Å². The van der Waals surface area contributed by atoms with Crippen LogP contribution in [0, 0.1) is 5.92 Å². The van der Waals surface area contributed by atoms with Crippen LogP contribution in [0.25, 0.3) is 0 Å². The van der Waals surface area contributed by atoms with Crippen molar-refractivity contribution in [1.82, 2.24) is 10.2 Å². The van der Waals surface area contributed by atoms with Gasteiger partial charge in [-0.25, -0.2) is 0 Å². The molecule has 1 aromatic rings. The van der Waals surface area contributed by atoms with Crippen molar-refractivity contribution in [3.05, 3.63) is 33.3 Å². The molecule has 0 aromatic heterocycles. The standard InChI is InChI=1S/C16H22BrClN2/c17-14-2-1-13(16(18)9-14)11-20(15-3-4-15)10-12-5-7-19-8-6-12/h1-2,9,12,15,19H,3-8,10-11H2. The molecule has 1 heterocycles. The van der Waals surface area contributed by atoms with Crippen LogP contribution in [0.4, 0.5) is 0 Å². The summed E-state index contributed by atoms with van der Waals surface area (Å²) in [5.41, 5.74) is 1.26. The number of nitrogens with zero attached hydrogens (tertiary/aromatic N) is 1. The first-order valence-electron chi connectivity index (χ1n) is 7.61. The minimum absolute atomic E-state index is 0.796. The minimum atomic E-state index is 0.796. The molecule has 0 atom stereocenters. The van der Waals surface area contributed by atoms with Gasteiger partial charge in [-0.2, -0.15) is 0 Å². The predicted octanol–water partition coefficient (Wildman–Crippen LogP) is 4.07. The van der Waals surface area contributed by atoms with Gasteiger partial charge in [0.2, 0.25) is 0 Å². The Morgan fingerprint density at radius 2 is 1.95 bits per heavy atom. The third-order valence-electron chi connectivity index (χ3n) is 4.40. The van der Waals surface area contributed by atoms with E-state index in [4.69, 9.17) is 11.6 Å². The van der Waals surface area contributed by atoms with E-state index < -0.39 is 0 Å². The number of hydrogen-bond acceptors (Lipinski definition) is 2. The average molecular weight is 358 g/mol. The van der Waals surface area contributed by atoms with E-state index in [1.54, 1.807) is 0 Å². The maximum absolute atomic E-state index is 6.37. The molecule has 0 radical (unpaired) electrons. The monoisotopic (exact) mass is 356 g/mol. The number of rotatable bonds is 5. The second-order valence-electron chi connectivity index (χ2n) is 6.09. The van der Waals surface area contributed by atoms with Crippen molar-refractivity contribution in [2.24, 2.45) is 5.92 Å². The van der Waals surface area contributed by atoms with Crippen LogP contribution in [0.2, 0.25) is 5.02 Å². The van der Waals surface area contributed by atoms with Gasteiger partial charge in [-0.1, -0.05) is 33.6 Å². The first-order valence-corrected chi connectivity index (χ1v) is 8.78. The molecule has 1 N–H and O–H groups in total. The summed E-state index contributed by atoms with van der Waals surface area (Å²) in [6, 6.07) is 7.05. The van der Waals surface area contributed by atoms with Crippen molar-refractivity contribution in [2.45, 2.75) is 38.3 Å². The summed E-state index contributed by atoms with van der Waals surface area (Å²) in [5.74, 6) is 0.853. The fourth-order valence-electron chi connectivity index (χ4n) is 3.05. The van der Waals surface area contributed by atoms with Gasteiger partial charge in [0.05, 0.1) is 0 Å². The molecule has 0 amide bonds. The lowest BCUT2D eigenvalue weighted by Gasteiger charge is -2.30. The zero-order valence-corrected chi connectivity index (χ0v) is 14.1. The van der Waals surface area contributed by atoms with Gasteiger partial charge in [0.25, 0.3) is 0 Å². The van der Waals surface area contributed by atoms with Crippen LogP contribution in [0.15, 0.2) is 22.7 Å². The highest BCUT2D eigenvalue weighted by Crippen LogP contribution is 2.32. The normalized spacial score (nSPS) is 20.6. The van der Waals surface area contributed by atoms with Gasteiger partial charge in [-0.15, -0.1) is 0 Å². The lowest BCUT2D eigenvalue weighted by atomic mass is 9.97. The summed E-state index contributed by atoms with van der Waals surface area (Å²) < 4.78 is 1.06. The Morgan fingerprint density at radius 3 is 2.60 bits per heavy atom. The molecular weight excluding hydrogens is 336 g/mol. The maximum atomic E-state index is 6.37. The summed E-state index contributed by atoms with van der Waals surface area (Å²) in [6.45, 7) is 4.60. The molecule has 3 rings (SSSR count). The van der Waals surface area contributed by atoms with Crippen molar-refractivity contribution >= 4 is 27.5 Å². The lowest BCUT2D eigenvalue weighted by molar-refractivity contribution is 0.190. The summed E-state index contributed by atoms with van der Waals surface area (Å²) in [4.78, 5) is 2.66. The second kappa shape index (κ2) is 6.78. The third-order valence-corrected chi connectivity index (χ3v) is 5.25. The molecule has 2 nitrogen and oxygen atoms in total. The summed E-state index contributed by atoms with van der Waals surface area (Å²) in [5, 5.41) is 4.34. The summed E-state index contributed by atoms with van der Waals surface area (Å²) in [6.07, 6.45) is 5.35. The van der Waals surface area contributed by atoms with E-state index in [1.807, 2.05) is 6.07 Å². The molecule has 2 aliphatic rings. The minimum Gasteiger partial charge on any atom is -0.317 e. The van der Waals surface area contributed by atoms with Crippen LogP contribution in [0.5, 0.6) is 0 Å². The highest BCUT2D eigenvalue weighted by atomic mass is 79.9. The van der Waals surface area contributed by atoms with Crippen LogP contribution in [0.3, 0.4) is 0 Å². The average Bonchev–Trinajstić information content (AvgIpc) is 3.26. The molecule has 0 bridgehead atoms. The molecule has 1 aliphatic carbocycles. The lowest BCUT2D eigenvalue weighted by Crippen LogP contribution is -2.37. The van der Waals surface area contributed by atoms with Gasteiger partial charge >= 0.3 is 0 Å². The van der Waals surface area contributed by atoms with Gasteiger partial charge in [0.1, 0.15) is 0 Å². The Balaban J connectivity index is 1.64. The fourth-order valence-corrected chi connectivity index (χ4v) is 3.78. The number of hydrogen-bond donors (Lipinski definition) is 1. The topological polar surface area (TPSA) is 15.3 Å². The van der Waals surface area contributed by atoms with E-state index in [0.29, 0.717) is 0 Å². The van der Waals surface area contributed by atoms with Gasteiger partial charge in [-0.3, -0.25) is 4.90 Å². The molecule has 1 aromatic carbocycles. The third kappa shape index (κ3) is 3.97. The molecular formula is C16H22BrClN2. The second-order valence-corrected chi connectivity index (χ2v) is 7.41. The molecule has 0 unspecified atom stereocenters. The molecule has 1 saturated carbocycles.